The molecular formula is C17H23N5O3S. The van der Waals surface area contributed by atoms with E-state index in [1.165, 1.54) is 22.8 Å². The molecule has 26 heavy (non-hydrogen) atoms. The molecule has 1 aliphatic heterocycles. The van der Waals surface area contributed by atoms with Gasteiger partial charge in [-0.15, -0.1) is 0 Å². The van der Waals surface area contributed by atoms with Gasteiger partial charge in [0.15, 0.2) is 0 Å². The highest BCUT2D eigenvalue weighted by atomic mass is 32.2. The van der Waals surface area contributed by atoms with Crippen LogP contribution in [0.1, 0.15) is 48.4 Å². The average molecular weight is 377 g/mol. The molecule has 0 unspecified atom stereocenters. The molecule has 2 heterocycles. The normalized spacial score (nSPS) is 17.0. The lowest BCUT2D eigenvalue weighted by Crippen LogP contribution is -2.35. The third-order valence-corrected chi connectivity index (χ3v) is 6.42. The van der Waals surface area contributed by atoms with Crippen LogP contribution in [0.5, 0.6) is 0 Å². The highest BCUT2D eigenvalue weighted by molar-refractivity contribution is 7.89. The van der Waals surface area contributed by atoms with E-state index in [0.717, 1.165) is 19.3 Å². The summed E-state index contributed by atoms with van der Waals surface area (Å²) in [6.45, 7) is 2.86. The minimum atomic E-state index is -3.57. The third kappa shape index (κ3) is 3.78. The molecule has 0 bridgehead atoms. The molecule has 1 N–H and O–H groups in total. The van der Waals surface area contributed by atoms with Crippen molar-refractivity contribution in [3.8, 4) is 0 Å². The monoisotopic (exact) mass is 377 g/mol. The van der Waals surface area contributed by atoms with Gasteiger partial charge in [0.1, 0.15) is 12.2 Å². The van der Waals surface area contributed by atoms with Gasteiger partial charge in [0.2, 0.25) is 10.0 Å². The smallest absolute Gasteiger partial charge is 0.251 e. The molecule has 1 amide bonds. The van der Waals surface area contributed by atoms with Crippen LogP contribution in [-0.2, 0) is 17.1 Å². The molecule has 1 aromatic carbocycles. The van der Waals surface area contributed by atoms with Gasteiger partial charge < -0.3 is 5.32 Å². The van der Waals surface area contributed by atoms with Crippen LogP contribution >= 0.6 is 0 Å². The first-order chi connectivity index (χ1) is 12.4. The number of benzene rings is 1. The Bertz CT molecular complexity index is 887. The fourth-order valence-corrected chi connectivity index (χ4v) is 4.66. The Labute approximate surface area is 153 Å². The van der Waals surface area contributed by atoms with Crippen LogP contribution in [-0.4, -0.2) is 46.5 Å². The summed E-state index contributed by atoms with van der Waals surface area (Å²) in [6.07, 6.45) is 4.21. The Hall–Kier alpha value is -2.26. The number of nitrogens with one attached hydrogen (secondary N) is 1. The Morgan fingerprint density at radius 1 is 1.23 bits per heavy atom. The molecule has 0 spiro atoms. The summed E-state index contributed by atoms with van der Waals surface area (Å²) in [4.78, 5) is 16.8. The molecule has 8 nitrogen and oxygen atoms in total. The zero-order chi connectivity index (χ0) is 18.7. The zero-order valence-electron chi connectivity index (χ0n) is 14.9. The fraction of sp³-hybridized carbons (Fsp3) is 0.471. The number of piperidine rings is 1. The zero-order valence-corrected chi connectivity index (χ0v) is 15.7. The molecule has 0 aliphatic carbocycles. The SMILES string of the molecule is C[C@H](NC(=O)c1cccc(S(=O)(=O)N2CCCCC2)c1)c1ncnn1C. The molecule has 1 atom stereocenters. The van der Waals surface area contributed by atoms with Crippen LogP contribution in [0.4, 0.5) is 0 Å². The van der Waals surface area contributed by atoms with Gasteiger partial charge in [-0.2, -0.15) is 9.40 Å². The van der Waals surface area contributed by atoms with Crippen molar-refractivity contribution in [2.24, 2.45) is 7.05 Å². The maximum Gasteiger partial charge on any atom is 0.251 e. The van der Waals surface area contributed by atoms with E-state index in [2.05, 4.69) is 15.4 Å². The molecule has 9 heteroatoms. The molecule has 1 fully saturated rings. The van der Waals surface area contributed by atoms with Gasteiger partial charge in [-0.25, -0.2) is 13.4 Å². The number of sulfonamides is 1. The second-order valence-electron chi connectivity index (χ2n) is 6.43. The van der Waals surface area contributed by atoms with Gasteiger partial charge in [0.25, 0.3) is 5.91 Å². The van der Waals surface area contributed by atoms with Crippen molar-refractivity contribution in [2.75, 3.05) is 13.1 Å². The van der Waals surface area contributed by atoms with Gasteiger partial charge in [-0.1, -0.05) is 12.5 Å². The first kappa shape index (κ1) is 18.5. The number of hydrogen-bond acceptors (Lipinski definition) is 5. The van der Waals surface area contributed by atoms with Crippen molar-refractivity contribution in [1.82, 2.24) is 24.4 Å². The van der Waals surface area contributed by atoms with Crippen molar-refractivity contribution in [3.05, 3.63) is 42.0 Å². The summed E-state index contributed by atoms with van der Waals surface area (Å²) >= 11 is 0. The maximum absolute atomic E-state index is 12.8. The van der Waals surface area contributed by atoms with Gasteiger partial charge >= 0.3 is 0 Å². The largest absolute Gasteiger partial charge is 0.342 e. The van der Waals surface area contributed by atoms with E-state index in [0.29, 0.717) is 24.5 Å². The summed E-state index contributed by atoms with van der Waals surface area (Å²) in [5.74, 6) is 0.270. The summed E-state index contributed by atoms with van der Waals surface area (Å²) in [6, 6.07) is 5.82. The molecule has 2 aromatic rings. The molecule has 0 radical (unpaired) electrons. The van der Waals surface area contributed by atoms with Crippen LogP contribution in [0.15, 0.2) is 35.5 Å². The van der Waals surface area contributed by atoms with Gasteiger partial charge in [-0.05, 0) is 38.0 Å². The van der Waals surface area contributed by atoms with Gasteiger partial charge in [0.05, 0.1) is 10.9 Å². The number of hydrogen-bond donors (Lipinski definition) is 1. The molecule has 0 saturated carbocycles. The number of amides is 1. The average Bonchev–Trinajstić information content (AvgIpc) is 3.08. The van der Waals surface area contributed by atoms with E-state index in [1.54, 1.807) is 30.8 Å². The van der Waals surface area contributed by atoms with Crippen molar-refractivity contribution < 1.29 is 13.2 Å². The predicted molar refractivity (Wildman–Crippen MR) is 95.9 cm³/mol. The van der Waals surface area contributed by atoms with Crippen LogP contribution in [0.2, 0.25) is 0 Å². The molecule has 1 saturated heterocycles. The summed E-state index contributed by atoms with van der Waals surface area (Å²) in [5.41, 5.74) is 0.303. The summed E-state index contributed by atoms with van der Waals surface area (Å²) < 4.78 is 28.7. The van der Waals surface area contributed by atoms with Crippen molar-refractivity contribution in [1.29, 1.82) is 0 Å². The Morgan fingerprint density at radius 3 is 2.62 bits per heavy atom. The highest BCUT2D eigenvalue weighted by Crippen LogP contribution is 2.21. The predicted octanol–water partition coefficient (Wildman–Crippen LogP) is 1.48. The topological polar surface area (TPSA) is 97.2 Å². The fourth-order valence-electron chi connectivity index (χ4n) is 3.09. The number of carbonyl (C=O) groups is 1. The van der Waals surface area contributed by atoms with Gasteiger partial charge in [0, 0.05) is 25.7 Å². The highest BCUT2D eigenvalue weighted by Gasteiger charge is 2.26. The van der Waals surface area contributed by atoms with Crippen LogP contribution < -0.4 is 5.32 Å². The van der Waals surface area contributed by atoms with E-state index in [1.807, 2.05) is 0 Å². The first-order valence-electron chi connectivity index (χ1n) is 8.64. The number of carbonyl (C=O) groups excluding carboxylic acids is 1. The van der Waals surface area contributed by atoms with Crippen LogP contribution in [0, 0.1) is 0 Å². The lowest BCUT2D eigenvalue weighted by Gasteiger charge is -2.26. The maximum atomic E-state index is 12.8. The van der Waals surface area contributed by atoms with Crippen LogP contribution in [0.3, 0.4) is 0 Å². The van der Waals surface area contributed by atoms with Crippen molar-refractivity contribution >= 4 is 15.9 Å². The minimum absolute atomic E-state index is 0.151. The number of rotatable bonds is 5. The molecule has 140 valence electrons. The van der Waals surface area contributed by atoms with Crippen LogP contribution in [0.25, 0.3) is 0 Å². The first-order valence-corrected chi connectivity index (χ1v) is 10.1. The van der Waals surface area contributed by atoms with E-state index in [9.17, 15) is 13.2 Å². The van der Waals surface area contributed by atoms with E-state index >= 15 is 0 Å². The third-order valence-electron chi connectivity index (χ3n) is 4.53. The Balaban J connectivity index is 1.78. The summed E-state index contributed by atoms with van der Waals surface area (Å²) in [7, 11) is -1.82. The molecule has 1 aliphatic rings. The van der Waals surface area contributed by atoms with E-state index < -0.39 is 10.0 Å². The Kier molecular flexibility index (Phi) is 5.38. The van der Waals surface area contributed by atoms with Crippen molar-refractivity contribution in [2.45, 2.75) is 37.1 Å². The van der Waals surface area contributed by atoms with E-state index in [-0.39, 0.29) is 16.8 Å². The molecule has 3 rings (SSSR count). The summed E-state index contributed by atoms with van der Waals surface area (Å²) in [5, 5.41) is 6.81. The van der Waals surface area contributed by atoms with Gasteiger partial charge in [-0.3, -0.25) is 9.48 Å². The lowest BCUT2D eigenvalue weighted by molar-refractivity contribution is 0.0937. The van der Waals surface area contributed by atoms with E-state index in [4.69, 9.17) is 0 Å². The lowest BCUT2D eigenvalue weighted by atomic mass is 10.2. The molecule has 1 aromatic heterocycles. The number of aryl methyl sites for hydroxylation is 1. The Morgan fingerprint density at radius 2 is 1.96 bits per heavy atom. The second kappa shape index (κ2) is 7.55. The second-order valence-corrected chi connectivity index (χ2v) is 8.37. The standard InChI is InChI=1S/C17H23N5O3S/c1-13(16-18-12-19-21(16)2)20-17(23)14-7-6-8-15(11-14)26(24,25)22-9-4-3-5-10-22/h6-8,11-13H,3-5,9-10H2,1-2H3,(H,20,23)/t13-/m0/s1. The molecular weight excluding hydrogens is 354 g/mol. The quantitative estimate of drug-likeness (QED) is 0.851. The van der Waals surface area contributed by atoms with Crippen molar-refractivity contribution in [3.63, 3.8) is 0 Å². The number of nitrogens with zero attached hydrogens (tertiary/aromatic N) is 4. The number of aromatic nitrogens is 3. The minimum Gasteiger partial charge on any atom is -0.342 e.